The van der Waals surface area contributed by atoms with Crippen LogP contribution in [0, 0.1) is 6.92 Å². The van der Waals surface area contributed by atoms with Crippen molar-refractivity contribution in [3.05, 3.63) is 75.1 Å². The van der Waals surface area contributed by atoms with Crippen molar-refractivity contribution in [3.8, 4) is 5.75 Å². The van der Waals surface area contributed by atoms with E-state index in [9.17, 15) is 9.59 Å². The second kappa shape index (κ2) is 9.54. The van der Waals surface area contributed by atoms with Crippen LogP contribution in [0.4, 0.5) is 0 Å². The van der Waals surface area contributed by atoms with Crippen molar-refractivity contribution in [1.82, 2.24) is 10.2 Å². The highest BCUT2D eigenvalue weighted by molar-refractivity contribution is 6.31. The van der Waals surface area contributed by atoms with E-state index in [1.807, 2.05) is 37.3 Å². The number of halogens is 1. The lowest BCUT2D eigenvalue weighted by Crippen LogP contribution is -2.38. The third-order valence-electron chi connectivity index (χ3n) is 5.63. The maximum absolute atomic E-state index is 12.5. The molecule has 3 aromatic rings. The van der Waals surface area contributed by atoms with E-state index in [2.05, 4.69) is 10.2 Å². The zero-order chi connectivity index (χ0) is 21.8. The van der Waals surface area contributed by atoms with Crippen LogP contribution in [0.1, 0.15) is 30.0 Å². The average Bonchev–Trinajstić information content (AvgIpc) is 3.28. The molecule has 4 rings (SSSR count). The van der Waals surface area contributed by atoms with Gasteiger partial charge in [-0.2, -0.15) is 0 Å². The number of ether oxygens (including phenoxy) is 1. The van der Waals surface area contributed by atoms with Crippen LogP contribution >= 0.6 is 11.6 Å². The molecule has 1 amide bonds. The summed E-state index contributed by atoms with van der Waals surface area (Å²) < 4.78 is 10.9. The van der Waals surface area contributed by atoms with Crippen molar-refractivity contribution in [2.45, 2.75) is 25.8 Å². The van der Waals surface area contributed by atoms with E-state index in [1.54, 1.807) is 12.1 Å². The van der Waals surface area contributed by atoms with Gasteiger partial charge in [0.1, 0.15) is 11.3 Å². The fraction of sp³-hybridized carbons (Fsp3) is 0.333. The third kappa shape index (κ3) is 5.09. The van der Waals surface area contributed by atoms with Crippen molar-refractivity contribution in [1.29, 1.82) is 0 Å². The number of benzene rings is 2. The van der Waals surface area contributed by atoms with Crippen molar-refractivity contribution < 1.29 is 13.9 Å². The van der Waals surface area contributed by atoms with Crippen LogP contribution in [0.5, 0.6) is 5.75 Å². The zero-order valence-corrected chi connectivity index (χ0v) is 18.2. The first kappa shape index (κ1) is 21.4. The molecule has 6 nitrogen and oxygen atoms in total. The summed E-state index contributed by atoms with van der Waals surface area (Å²) in [5.74, 6) is 0.251. The van der Waals surface area contributed by atoms with Crippen molar-refractivity contribution in [2.24, 2.45) is 0 Å². The Morgan fingerprint density at radius 3 is 2.74 bits per heavy atom. The molecule has 1 aliphatic heterocycles. The molecule has 2 heterocycles. The first-order valence-electron chi connectivity index (χ1n) is 10.4. The van der Waals surface area contributed by atoms with E-state index in [0.29, 0.717) is 22.9 Å². The lowest BCUT2D eigenvalue weighted by molar-refractivity contribution is -0.123. The van der Waals surface area contributed by atoms with Crippen molar-refractivity contribution in [3.63, 3.8) is 0 Å². The minimum absolute atomic E-state index is 0.0260. The van der Waals surface area contributed by atoms with Crippen LogP contribution in [-0.2, 0) is 4.79 Å². The summed E-state index contributed by atoms with van der Waals surface area (Å²) in [7, 11) is 0. The Morgan fingerprint density at radius 2 is 1.97 bits per heavy atom. The smallest absolute Gasteiger partial charge is 0.336 e. The van der Waals surface area contributed by atoms with E-state index >= 15 is 0 Å². The van der Waals surface area contributed by atoms with Gasteiger partial charge in [0.25, 0.3) is 5.91 Å². The lowest BCUT2D eigenvalue weighted by atomic mass is 10.1. The minimum atomic E-state index is -0.410. The highest BCUT2D eigenvalue weighted by atomic mass is 35.5. The molecular weight excluding hydrogens is 416 g/mol. The molecule has 0 saturated carbocycles. The molecule has 0 aliphatic carbocycles. The number of fused-ring (bicyclic) bond motifs is 1. The SMILES string of the molecule is Cc1cc(=O)oc2cc(OCC(=O)NCC(c3ccccc3Cl)N3CCCC3)ccc12. The average molecular weight is 441 g/mol. The first-order valence-corrected chi connectivity index (χ1v) is 10.8. The van der Waals surface area contributed by atoms with Gasteiger partial charge in [0, 0.05) is 29.1 Å². The molecule has 1 atom stereocenters. The van der Waals surface area contributed by atoms with Crippen LogP contribution in [0.25, 0.3) is 11.0 Å². The Hall–Kier alpha value is -2.83. The summed E-state index contributed by atoms with van der Waals surface area (Å²) in [6, 6.07) is 14.5. The normalized spacial score (nSPS) is 15.2. The molecular formula is C24H25ClN2O4. The highest BCUT2D eigenvalue weighted by Crippen LogP contribution is 2.29. The van der Waals surface area contributed by atoms with E-state index in [1.165, 1.54) is 6.07 Å². The standard InChI is InChI=1S/C24H25ClN2O4/c1-16-12-24(29)31-22-13-17(8-9-18(16)22)30-15-23(28)26-14-21(27-10-4-5-11-27)19-6-2-3-7-20(19)25/h2-3,6-9,12-13,21H,4-5,10-11,14-15H2,1H3,(H,26,28). The number of hydrogen-bond donors (Lipinski definition) is 1. The molecule has 1 aromatic heterocycles. The second-order valence-electron chi connectivity index (χ2n) is 7.78. The molecule has 2 aromatic carbocycles. The molecule has 0 radical (unpaired) electrons. The number of amides is 1. The fourth-order valence-corrected chi connectivity index (χ4v) is 4.30. The molecule has 1 saturated heterocycles. The Bertz CT molecular complexity index is 1140. The molecule has 1 N–H and O–H groups in total. The summed E-state index contributed by atoms with van der Waals surface area (Å²) in [4.78, 5) is 26.4. The molecule has 0 spiro atoms. The van der Waals surface area contributed by atoms with Crippen LogP contribution in [0.3, 0.4) is 0 Å². The van der Waals surface area contributed by atoms with Gasteiger partial charge in [-0.15, -0.1) is 0 Å². The van der Waals surface area contributed by atoms with E-state index < -0.39 is 5.63 Å². The van der Waals surface area contributed by atoms with Gasteiger partial charge in [-0.3, -0.25) is 9.69 Å². The maximum Gasteiger partial charge on any atom is 0.336 e. The van der Waals surface area contributed by atoms with E-state index in [-0.39, 0.29) is 18.6 Å². The number of carbonyl (C=O) groups excluding carboxylic acids is 1. The Labute approximate surface area is 185 Å². The Kier molecular flexibility index (Phi) is 6.59. The zero-order valence-electron chi connectivity index (χ0n) is 17.4. The molecule has 162 valence electrons. The second-order valence-corrected chi connectivity index (χ2v) is 8.19. The molecule has 31 heavy (non-hydrogen) atoms. The predicted octanol–water partition coefficient (Wildman–Crippen LogP) is 4.09. The molecule has 1 unspecified atom stereocenters. The highest BCUT2D eigenvalue weighted by Gasteiger charge is 2.25. The lowest BCUT2D eigenvalue weighted by Gasteiger charge is -2.29. The third-order valence-corrected chi connectivity index (χ3v) is 5.98. The number of hydrogen-bond acceptors (Lipinski definition) is 5. The van der Waals surface area contributed by atoms with Gasteiger partial charge in [0.15, 0.2) is 6.61 Å². The maximum atomic E-state index is 12.5. The van der Waals surface area contributed by atoms with Gasteiger partial charge in [-0.25, -0.2) is 4.79 Å². The molecule has 7 heteroatoms. The van der Waals surface area contributed by atoms with Crippen LogP contribution in [0.15, 0.2) is 57.7 Å². The number of aryl methyl sites for hydroxylation is 1. The van der Waals surface area contributed by atoms with E-state index in [4.69, 9.17) is 20.8 Å². The van der Waals surface area contributed by atoms with Gasteiger partial charge in [-0.1, -0.05) is 29.8 Å². The van der Waals surface area contributed by atoms with E-state index in [0.717, 1.165) is 42.4 Å². The quantitative estimate of drug-likeness (QED) is 0.560. The molecule has 1 fully saturated rings. The first-order chi connectivity index (χ1) is 15.0. The number of rotatable bonds is 7. The van der Waals surface area contributed by atoms with Gasteiger partial charge in [0.05, 0.1) is 6.04 Å². The Balaban J connectivity index is 1.39. The molecule has 0 bridgehead atoms. The van der Waals surface area contributed by atoms with Crippen molar-refractivity contribution >= 4 is 28.5 Å². The minimum Gasteiger partial charge on any atom is -0.484 e. The monoisotopic (exact) mass is 440 g/mol. The van der Waals surface area contributed by atoms with Crippen molar-refractivity contribution in [2.75, 3.05) is 26.2 Å². The van der Waals surface area contributed by atoms with Gasteiger partial charge in [0.2, 0.25) is 0 Å². The summed E-state index contributed by atoms with van der Waals surface area (Å²) in [5, 5.41) is 4.52. The van der Waals surface area contributed by atoms with Crippen LogP contribution in [-0.4, -0.2) is 37.0 Å². The summed E-state index contributed by atoms with van der Waals surface area (Å²) in [6.45, 7) is 4.16. The summed E-state index contributed by atoms with van der Waals surface area (Å²) in [6.07, 6.45) is 2.30. The number of carbonyl (C=O) groups is 1. The largest absolute Gasteiger partial charge is 0.484 e. The fourth-order valence-electron chi connectivity index (χ4n) is 4.04. The summed E-state index contributed by atoms with van der Waals surface area (Å²) in [5.41, 5.74) is 1.89. The van der Waals surface area contributed by atoms with Gasteiger partial charge in [-0.05, 0) is 62.2 Å². The summed E-state index contributed by atoms with van der Waals surface area (Å²) >= 11 is 6.43. The van der Waals surface area contributed by atoms with Gasteiger partial charge < -0.3 is 14.5 Å². The number of nitrogens with one attached hydrogen (secondary N) is 1. The van der Waals surface area contributed by atoms with Gasteiger partial charge >= 0.3 is 5.63 Å². The molecule has 1 aliphatic rings. The topological polar surface area (TPSA) is 71.8 Å². The number of likely N-dealkylation sites (tertiary alicyclic amines) is 1. The Morgan fingerprint density at radius 1 is 1.19 bits per heavy atom. The van der Waals surface area contributed by atoms with Crippen LogP contribution in [0.2, 0.25) is 5.02 Å². The van der Waals surface area contributed by atoms with Crippen LogP contribution < -0.4 is 15.7 Å². The predicted molar refractivity (Wildman–Crippen MR) is 121 cm³/mol. The number of nitrogens with zero attached hydrogens (tertiary/aromatic N) is 1.